The van der Waals surface area contributed by atoms with Crippen molar-refractivity contribution < 1.29 is 9.52 Å². The highest BCUT2D eigenvalue weighted by Gasteiger charge is 2.46. The highest BCUT2D eigenvalue weighted by molar-refractivity contribution is 5.11. The molecule has 5 heteroatoms. The SMILES string of the molecule is CC(C)(O)c1nnc(C2(N)CC2)o1. The summed E-state index contributed by atoms with van der Waals surface area (Å²) in [6.07, 6.45) is 1.75. The third-order valence-electron chi connectivity index (χ3n) is 2.16. The number of hydrogen-bond acceptors (Lipinski definition) is 5. The molecule has 0 aliphatic heterocycles. The number of hydrogen-bond donors (Lipinski definition) is 2. The van der Waals surface area contributed by atoms with Crippen molar-refractivity contribution in [3.63, 3.8) is 0 Å². The molecular weight excluding hydrogens is 170 g/mol. The van der Waals surface area contributed by atoms with Crippen molar-refractivity contribution in [2.24, 2.45) is 5.73 Å². The first kappa shape index (κ1) is 8.65. The van der Waals surface area contributed by atoms with E-state index in [1.807, 2.05) is 0 Å². The Labute approximate surface area is 76.0 Å². The van der Waals surface area contributed by atoms with Gasteiger partial charge in [0.1, 0.15) is 5.60 Å². The fourth-order valence-corrected chi connectivity index (χ4v) is 1.02. The van der Waals surface area contributed by atoms with Gasteiger partial charge in [0.05, 0.1) is 5.54 Å². The molecular formula is C8H13N3O2. The van der Waals surface area contributed by atoms with Gasteiger partial charge in [0.25, 0.3) is 0 Å². The van der Waals surface area contributed by atoms with E-state index in [0.717, 1.165) is 12.8 Å². The first-order valence-electron chi connectivity index (χ1n) is 4.27. The average molecular weight is 183 g/mol. The maximum Gasteiger partial charge on any atom is 0.247 e. The van der Waals surface area contributed by atoms with E-state index < -0.39 is 11.1 Å². The maximum absolute atomic E-state index is 9.55. The van der Waals surface area contributed by atoms with Crippen LogP contribution in [0.5, 0.6) is 0 Å². The molecule has 0 aromatic carbocycles. The molecule has 1 aromatic rings. The van der Waals surface area contributed by atoms with E-state index in [1.165, 1.54) is 0 Å². The van der Waals surface area contributed by atoms with Gasteiger partial charge in [0, 0.05) is 0 Å². The van der Waals surface area contributed by atoms with Crippen molar-refractivity contribution in [3.05, 3.63) is 11.8 Å². The molecule has 3 N–H and O–H groups in total. The highest BCUT2D eigenvalue weighted by atomic mass is 16.4. The van der Waals surface area contributed by atoms with E-state index >= 15 is 0 Å². The molecule has 0 bridgehead atoms. The normalized spacial score (nSPS) is 20.3. The quantitative estimate of drug-likeness (QED) is 0.686. The minimum Gasteiger partial charge on any atom is -0.420 e. The van der Waals surface area contributed by atoms with Gasteiger partial charge in [-0.2, -0.15) is 0 Å². The topological polar surface area (TPSA) is 85.2 Å². The predicted molar refractivity (Wildman–Crippen MR) is 44.6 cm³/mol. The van der Waals surface area contributed by atoms with Gasteiger partial charge in [-0.3, -0.25) is 0 Å². The molecule has 1 aliphatic rings. The Morgan fingerprint density at radius 3 is 2.46 bits per heavy atom. The lowest BCUT2D eigenvalue weighted by atomic mass is 10.1. The van der Waals surface area contributed by atoms with E-state index in [1.54, 1.807) is 13.8 Å². The monoisotopic (exact) mass is 183 g/mol. The zero-order chi connectivity index (χ0) is 9.69. The summed E-state index contributed by atoms with van der Waals surface area (Å²) in [6.45, 7) is 3.20. The van der Waals surface area contributed by atoms with Crippen LogP contribution in [0.4, 0.5) is 0 Å². The maximum atomic E-state index is 9.55. The van der Waals surface area contributed by atoms with Crippen LogP contribution in [-0.2, 0) is 11.1 Å². The number of nitrogens with two attached hydrogens (primary N) is 1. The summed E-state index contributed by atoms with van der Waals surface area (Å²) in [7, 11) is 0. The van der Waals surface area contributed by atoms with E-state index in [9.17, 15) is 5.11 Å². The van der Waals surface area contributed by atoms with Crippen LogP contribution < -0.4 is 5.73 Å². The van der Waals surface area contributed by atoms with Gasteiger partial charge in [-0.15, -0.1) is 10.2 Å². The van der Waals surface area contributed by atoms with Crippen LogP contribution in [0.15, 0.2) is 4.42 Å². The Morgan fingerprint density at radius 2 is 2.08 bits per heavy atom. The van der Waals surface area contributed by atoms with Crippen LogP contribution in [0.1, 0.15) is 38.5 Å². The largest absolute Gasteiger partial charge is 0.420 e. The van der Waals surface area contributed by atoms with Crippen LogP contribution in [0.2, 0.25) is 0 Å². The molecule has 1 fully saturated rings. The molecule has 1 aliphatic carbocycles. The Morgan fingerprint density at radius 1 is 1.46 bits per heavy atom. The zero-order valence-corrected chi connectivity index (χ0v) is 7.74. The molecule has 0 unspecified atom stereocenters. The van der Waals surface area contributed by atoms with Crippen LogP contribution in [-0.4, -0.2) is 15.3 Å². The van der Waals surface area contributed by atoms with Gasteiger partial charge in [0.15, 0.2) is 0 Å². The summed E-state index contributed by atoms with van der Waals surface area (Å²) in [4.78, 5) is 0. The molecule has 1 heterocycles. The lowest BCUT2D eigenvalue weighted by molar-refractivity contribution is 0.0464. The standard InChI is InChI=1S/C8H13N3O2/c1-7(2,12)5-10-11-6(13-5)8(9)3-4-8/h12H,3-4,9H2,1-2H3. The van der Waals surface area contributed by atoms with Gasteiger partial charge in [-0.05, 0) is 26.7 Å². The second-order valence-electron chi connectivity index (χ2n) is 4.13. The van der Waals surface area contributed by atoms with Gasteiger partial charge in [-0.25, -0.2) is 0 Å². The van der Waals surface area contributed by atoms with Crippen molar-refractivity contribution in [1.82, 2.24) is 10.2 Å². The third-order valence-corrected chi connectivity index (χ3v) is 2.16. The molecule has 2 rings (SSSR count). The van der Waals surface area contributed by atoms with Crippen molar-refractivity contribution in [1.29, 1.82) is 0 Å². The first-order chi connectivity index (χ1) is 5.92. The number of aliphatic hydroxyl groups is 1. The lowest BCUT2D eigenvalue weighted by Gasteiger charge is -2.10. The molecule has 0 amide bonds. The second kappa shape index (κ2) is 2.30. The molecule has 1 saturated carbocycles. The van der Waals surface area contributed by atoms with Gasteiger partial charge >= 0.3 is 0 Å². The molecule has 13 heavy (non-hydrogen) atoms. The summed E-state index contributed by atoms with van der Waals surface area (Å²) >= 11 is 0. The summed E-state index contributed by atoms with van der Waals surface area (Å²) in [6, 6.07) is 0. The molecule has 0 saturated heterocycles. The Kier molecular flexibility index (Phi) is 1.53. The van der Waals surface area contributed by atoms with Gasteiger partial charge in [-0.1, -0.05) is 0 Å². The number of aromatic nitrogens is 2. The molecule has 72 valence electrons. The first-order valence-corrected chi connectivity index (χ1v) is 4.27. The smallest absolute Gasteiger partial charge is 0.247 e. The van der Waals surface area contributed by atoms with E-state index in [0.29, 0.717) is 5.89 Å². The van der Waals surface area contributed by atoms with Crippen LogP contribution in [0.25, 0.3) is 0 Å². The van der Waals surface area contributed by atoms with Crippen LogP contribution >= 0.6 is 0 Å². The predicted octanol–water partition coefficient (Wildman–Crippen LogP) is 0.245. The Balaban J connectivity index is 2.29. The van der Waals surface area contributed by atoms with Gasteiger partial charge < -0.3 is 15.3 Å². The van der Waals surface area contributed by atoms with E-state index in [4.69, 9.17) is 10.2 Å². The lowest BCUT2D eigenvalue weighted by Crippen LogP contribution is -2.19. The van der Waals surface area contributed by atoms with E-state index in [2.05, 4.69) is 10.2 Å². The molecule has 0 atom stereocenters. The third kappa shape index (κ3) is 1.45. The number of nitrogens with zero attached hydrogens (tertiary/aromatic N) is 2. The summed E-state index contributed by atoms with van der Waals surface area (Å²) in [5.74, 6) is 0.656. The van der Waals surface area contributed by atoms with Crippen molar-refractivity contribution >= 4 is 0 Å². The minimum atomic E-state index is -1.09. The van der Waals surface area contributed by atoms with Crippen molar-refractivity contribution in [2.75, 3.05) is 0 Å². The van der Waals surface area contributed by atoms with Gasteiger partial charge in [0.2, 0.25) is 11.8 Å². The Hall–Kier alpha value is -0.940. The van der Waals surface area contributed by atoms with E-state index in [-0.39, 0.29) is 5.89 Å². The fraction of sp³-hybridized carbons (Fsp3) is 0.750. The highest BCUT2D eigenvalue weighted by Crippen LogP contribution is 2.42. The molecule has 0 radical (unpaired) electrons. The molecule has 0 spiro atoms. The van der Waals surface area contributed by atoms with Crippen LogP contribution in [0, 0.1) is 0 Å². The second-order valence-corrected chi connectivity index (χ2v) is 4.13. The zero-order valence-electron chi connectivity index (χ0n) is 7.74. The van der Waals surface area contributed by atoms with Crippen molar-refractivity contribution in [2.45, 2.75) is 37.8 Å². The Bertz CT molecular complexity index is 303. The summed E-state index contributed by atoms with van der Waals surface area (Å²) in [5, 5.41) is 17.1. The van der Waals surface area contributed by atoms with Crippen molar-refractivity contribution in [3.8, 4) is 0 Å². The summed E-state index contributed by atoms with van der Waals surface area (Å²) < 4.78 is 5.28. The van der Waals surface area contributed by atoms with Crippen LogP contribution in [0.3, 0.4) is 0 Å². The number of rotatable bonds is 2. The minimum absolute atomic E-state index is 0.222. The molecule has 5 nitrogen and oxygen atoms in total. The molecule has 1 aromatic heterocycles. The average Bonchev–Trinajstić information content (AvgIpc) is 2.60. The summed E-state index contributed by atoms with van der Waals surface area (Å²) in [5.41, 5.74) is 4.34. The fourth-order valence-electron chi connectivity index (χ4n) is 1.02.